The summed E-state index contributed by atoms with van der Waals surface area (Å²) < 4.78 is 347. The quantitative estimate of drug-likeness (QED) is 0.0412. The summed E-state index contributed by atoms with van der Waals surface area (Å²) in [5.41, 5.74) is -28.7. The van der Waals surface area contributed by atoms with Crippen LogP contribution in [0.5, 0.6) is 0 Å². The Hall–Kier alpha value is -6.62. The molecule has 0 aliphatic rings. The van der Waals surface area contributed by atoms with E-state index >= 15 is 0 Å². The highest BCUT2D eigenvalue weighted by Crippen LogP contribution is 2.41. The van der Waals surface area contributed by atoms with Crippen LogP contribution in [-0.4, -0.2) is 23.0 Å². The number of esters is 1. The van der Waals surface area contributed by atoms with Crippen molar-refractivity contribution in [2.24, 2.45) is 0 Å². The van der Waals surface area contributed by atoms with Crippen molar-refractivity contribution in [3.05, 3.63) is 177 Å². The molecule has 0 fully saturated rings. The molecular weight excluding hydrogens is 1100 g/mol. The Balaban J connectivity index is 0.000000483. The zero-order chi connectivity index (χ0) is 56.7. The van der Waals surface area contributed by atoms with Crippen molar-refractivity contribution in [2.75, 3.05) is 5.94 Å². The molecule has 0 amide bonds. The van der Waals surface area contributed by atoms with Crippen LogP contribution in [0.3, 0.4) is 0 Å². The van der Waals surface area contributed by atoms with Gasteiger partial charge in [0.15, 0.2) is 12.7 Å². The summed E-state index contributed by atoms with van der Waals surface area (Å²) in [6.45, 7) is 0.598. The molecule has 75 heavy (non-hydrogen) atoms. The molecule has 1 heterocycles. The van der Waals surface area contributed by atoms with Crippen molar-refractivity contribution in [1.29, 1.82) is 0 Å². The molecule has 0 atom stereocenters. The maximum absolute atomic E-state index is 14.2. The number of rotatable bonds is 8. The lowest BCUT2D eigenvalue weighted by Gasteiger charge is -2.46. The van der Waals surface area contributed by atoms with Gasteiger partial charge in [0.05, 0.1) is 50.7 Å². The smallest absolute Gasteiger partial charge is 0.416 e. The Kier molecular flexibility index (Phi) is 16.5. The number of benzene rings is 5. The number of hydrogen-bond acceptors (Lipinski definition) is 4. The minimum absolute atomic E-state index is 0.0546. The highest BCUT2D eigenvalue weighted by Gasteiger charge is 2.47. The Morgan fingerprint density at radius 3 is 0.947 bits per heavy atom. The molecule has 0 unspecified atom stereocenters. The second-order valence-corrected chi connectivity index (χ2v) is 16.1. The van der Waals surface area contributed by atoms with E-state index in [9.17, 15) is 110 Å². The van der Waals surface area contributed by atoms with Crippen LogP contribution in [0.2, 0.25) is 0 Å². The number of carbonyl (C=O) groups excluding carboxylic acids is 1. The molecular formula is C45H25BF24N2O2S. The number of aromatic nitrogens is 2. The van der Waals surface area contributed by atoms with Crippen LogP contribution in [0.15, 0.2) is 122 Å². The fourth-order valence-corrected chi connectivity index (χ4v) is 7.80. The van der Waals surface area contributed by atoms with Gasteiger partial charge in [-0.25, -0.2) is 4.79 Å². The van der Waals surface area contributed by atoms with E-state index in [2.05, 4.69) is 17.6 Å². The number of ether oxygens (including phenoxy) is 1. The molecule has 1 aromatic heterocycles. The molecule has 5 aromatic carbocycles. The summed E-state index contributed by atoms with van der Waals surface area (Å²) in [5, 5.41) is 0. The highest BCUT2D eigenvalue weighted by molar-refractivity contribution is 7.80. The molecule has 0 aliphatic heterocycles. The Labute approximate surface area is 409 Å². The van der Waals surface area contributed by atoms with E-state index in [1.807, 2.05) is 30.3 Å². The first-order valence-corrected chi connectivity index (χ1v) is 20.7. The number of hydrogen-bond donors (Lipinski definition) is 1. The third kappa shape index (κ3) is 14.0. The van der Waals surface area contributed by atoms with Gasteiger partial charge in [-0.1, -0.05) is 78.9 Å². The van der Waals surface area contributed by atoms with Gasteiger partial charge in [0.1, 0.15) is 18.3 Å². The summed E-state index contributed by atoms with van der Waals surface area (Å²) >= 11 is 3.87. The van der Waals surface area contributed by atoms with Gasteiger partial charge in [0, 0.05) is 5.56 Å². The molecule has 6 aromatic rings. The SMILES string of the molecule is FC(F)(F)c1cc([B-](c2cc(C(F)(F)F)cc(C(F)(F)F)c2)(c2cc(C(F)(F)F)cc(C(F)(F)F)c2)c2cc(C(F)(F)F)cc(C(F)(F)F)c2)cc(C(F)(F)F)c1.O=C(OCS)c1cncc[n+]1Cc1ccccc1. The molecule has 0 N–H and O–H groups in total. The standard InChI is InChI=1S/C32H12BF24.C13H12N2O2S/c34-25(35,36)13-1-14(26(37,38)39)6-21(5-13)33(22-7-15(27(40,41)42)2-16(8-22)28(43,44)45,23-9-17(29(46,47)48)3-18(10-23)30(49,50)51)24-11-19(31(52,53)54)4-20(12-24)32(55,56)57;16-13(17-10-18)12-8-14-6-7-15(12)9-11-4-2-1-3-5-11/h1-12H;1-8H,9-10H2/q-1;/p+1. The van der Waals surface area contributed by atoms with Crippen molar-refractivity contribution in [3.8, 4) is 0 Å². The molecule has 6 rings (SSSR count). The topological polar surface area (TPSA) is 43.1 Å². The third-order valence-corrected chi connectivity index (χ3v) is 11.0. The first-order chi connectivity index (χ1) is 34.1. The molecule has 404 valence electrons. The molecule has 4 nitrogen and oxygen atoms in total. The fourth-order valence-electron chi connectivity index (χ4n) is 7.68. The highest BCUT2D eigenvalue weighted by atomic mass is 32.1. The van der Waals surface area contributed by atoms with Gasteiger partial charge >= 0.3 is 61.1 Å². The first kappa shape index (κ1) is 59.3. The first-order valence-electron chi connectivity index (χ1n) is 20.1. The third-order valence-electron chi connectivity index (χ3n) is 10.9. The summed E-state index contributed by atoms with van der Waals surface area (Å²) in [6.07, 6.45) is -49.9. The zero-order valence-electron chi connectivity index (χ0n) is 36.3. The zero-order valence-corrected chi connectivity index (χ0v) is 37.2. The molecule has 0 radical (unpaired) electrons. The van der Waals surface area contributed by atoms with Gasteiger partial charge in [-0.05, 0) is 24.3 Å². The molecule has 0 spiro atoms. The maximum Gasteiger partial charge on any atom is 0.416 e. The van der Waals surface area contributed by atoms with E-state index < -0.39 is 201 Å². The summed E-state index contributed by atoms with van der Waals surface area (Å²) in [4.78, 5) is 15.7. The number of nitrogens with zero attached hydrogens (tertiary/aromatic N) is 2. The van der Waals surface area contributed by atoms with Gasteiger partial charge in [-0.3, -0.25) is 4.98 Å². The number of halogens is 24. The lowest BCUT2D eigenvalue weighted by molar-refractivity contribution is -0.691. The van der Waals surface area contributed by atoms with E-state index in [1.165, 1.54) is 6.20 Å². The van der Waals surface area contributed by atoms with Crippen LogP contribution in [0.25, 0.3) is 0 Å². The summed E-state index contributed by atoms with van der Waals surface area (Å²) in [5.74, 6) is -0.368. The van der Waals surface area contributed by atoms with Crippen LogP contribution in [0, 0.1) is 0 Å². The lowest BCUT2D eigenvalue weighted by atomic mass is 9.12. The second-order valence-electron chi connectivity index (χ2n) is 15.9. The Morgan fingerprint density at radius 1 is 0.440 bits per heavy atom. The second kappa shape index (κ2) is 20.8. The van der Waals surface area contributed by atoms with Crippen molar-refractivity contribution in [1.82, 2.24) is 4.98 Å². The van der Waals surface area contributed by atoms with Gasteiger partial charge in [-0.2, -0.15) is 132 Å². The van der Waals surface area contributed by atoms with Crippen molar-refractivity contribution < 1.29 is 119 Å². The van der Waals surface area contributed by atoms with Crippen LogP contribution in [0.1, 0.15) is 60.6 Å². The number of thiol groups is 1. The van der Waals surface area contributed by atoms with E-state index in [0.29, 0.717) is 12.2 Å². The molecule has 0 bridgehead atoms. The average molecular weight is 1120 g/mol. The predicted octanol–water partition coefficient (Wildman–Crippen LogP) is 12.7. The fraction of sp³-hybridized carbons (Fsp3) is 0.222. The van der Waals surface area contributed by atoms with E-state index in [-0.39, 0.29) is 5.94 Å². The van der Waals surface area contributed by atoms with Crippen LogP contribution < -0.4 is 26.4 Å². The minimum Gasteiger partial charge on any atom is -0.447 e. The number of alkyl halides is 24. The largest absolute Gasteiger partial charge is 0.447 e. The monoisotopic (exact) mass is 1120 g/mol. The van der Waals surface area contributed by atoms with Crippen molar-refractivity contribution in [3.63, 3.8) is 0 Å². The Morgan fingerprint density at radius 2 is 0.707 bits per heavy atom. The molecule has 30 heteroatoms. The summed E-state index contributed by atoms with van der Waals surface area (Å²) in [6, 6.07) is 1.07. The van der Waals surface area contributed by atoms with Crippen LogP contribution in [-0.2, 0) is 60.7 Å². The van der Waals surface area contributed by atoms with Crippen molar-refractivity contribution in [2.45, 2.75) is 56.0 Å². The lowest BCUT2D eigenvalue weighted by Crippen LogP contribution is -2.75. The van der Waals surface area contributed by atoms with Gasteiger partial charge in [0.25, 0.3) is 0 Å². The molecule has 0 aliphatic carbocycles. The molecule has 0 saturated heterocycles. The minimum atomic E-state index is -6.13. The summed E-state index contributed by atoms with van der Waals surface area (Å²) in [7, 11) is 0. The van der Waals surface area contributed by atoms with E-state index in [1.54, 1.807) is 17.0 Å². The van der Waals surface area contributed by atoms with E-state index in [4.69, 9.17) is 4.74 Å². The Bertz CT molecular complexity index is 2570. The number of carbonyl (C=O) groups is 1. The van der Waals surface area contributed by atoms with E-state index in [0.717, 1.165) is 5.56 Å². The van der Waals surface area contributed by atoms with Crippen LogP contribution >= 0.6 is 12.6 Å². The predicted molar refractivity (Wildman–Crippen MR) is 219 cm³/mol. The average Bonchev–Trinajstić information content (AvgIpc) is 3.27. The van der Waals surface area contributed by atoms with Crippen molar-refractivity contribution >= 4 is 46.6 Å². The van der Waals surface area contributed by atoms with Gasteiger partial charge < -0.3 is 4.74 Å². The normalized spacial score (nSPS) is 13.3. The van der Waals surface area contributed by atoms with Gasteiger partial charge in [0.2, 0.25) is 0 Å². The molecule has 0 saturated carbocycles. The maximum atomic E-state index is 14.2. The van der Waals surface area contributed by atoms with Crippen LogP contribution in [0.4, 0.5) is 105 Å². The van der Waals surface area contributed by atoms with Gasteiger partial charge in [-0.15, -0.1) is 12.6 Å².